The zero-order chi connectivity index (χ0) is 25.0. The monoisotopic (exact) mass is 497 g/mol. The second kappa shape index (κ2) is 10.2. The number of amides is 2. The highest BCUT2D eigenvalue weighted by Crippen LogP contribution is 2.22. The van der Waals surface area contributed by atoms with Crippen LogP contribution < -0.4 is 10.0 Å². The fourth-order valence-corrected chi connectivity index (χ4v) is 4.67. The number of aryl methyl sites for hydroxylation is 1. The minimum atomic E-state index is -3.90. The number of nitrogens with one attached hydrogen (secondary N) is 2. The number of likely N-dealkylation sites (tertiary alicyclic amines) is 1. The normalized spacial score (nSPS) is 15.8. The Balaban J connectivity index is 1.32. The Bertz CT molecular complexity index is 1330. The zero-order valence-corrected chi connectivity index (χ0v) is 19.8. The van der Waals surface area contributed by atoms with Crippen molar-refractivity contribution in [3.8, 4) is 0 Å². The van der Waals surface area contributed by atoms with Gasteiger partial charge in [0, 0.05) is 37.1 Å². The Kier molecular flexibility index (Phi) is 7.06. The molecule has 2 amide bonds. The van der Waals surface area contributed by atoms with Crippen molar-refractivity contribution in [3.63, 3.8) is 0 Å². The number of carbonyl (C=O) groups is 2. The van der Waals surface area contributed by atoms with Gasteiger partial charge in [-0.15, -0.1) is 0 Å². The molecule has 1 fully saturated rings. The molecule has 0 spiro atoms. The molecule has 1 atom stereocenters. The maximum Gasteiger partial charge on any atom is 0.264 e. The molecule has 0 bridgehead atoms. The van der Waals surface area contributed by atoms with Gasteiger partial charge in [0.1, 0.15) is 5.82 Å². The minimum absolute atomic E-state index is 0.0105. The summed E-state index contributed by atoms with van der Waals surface area (Å²) in [7, 11) is -3.90. The Morgan fingerprint density at radius 1 is 1.11 bits per heavy atom. The predicted octanol–water partition coefficient (Wildman–Crippen LogP) is 2.75. The van der Waals surface area contributed by atoms with Crippen LogP contribution in [0.2, 0.25) is 0 Å². The summed E-state index contributed by atoms with van der Waals surface area (Å²) >= 11 is 0. The third kappa shape index (κ3) is 6.18. The van der Waals surface area contributed by atoms with E-state index in [2.05, 4.69) is 20.0 Å². The van der Waals surface area contributed by atoms with Crippen LogP contribution in [0.1, 0.15) is 17.7 Å². The highest BCUT2D eigenvalue weighted by molar-refractivity contribution is 7.92. The molecule has 1 aliphatic rings. The number of hydrogen-bond donors (Lipinski definition) is 2. The number of aromatic nitrogens is 2. The predicted molar refractivity (Wildman–Crippen MR) is 127 cm³/mol. The van der Waals surface area contributed by atoms with Crippen LogP contribution in [0, 0.1) is 18.7 Å². The van der Waals surface area contributed by atoms with Gasteiger partial charge in [-0.2, -0.15) is 0 Å². The molecule has 2 aromatic carbocycles. The number of carbonyl (C=O) groups excluding carboxylic acids is 2. The molecule has 35 heavy (non-hydrogen) atoms. The Morgan fingerprint density at radius 3 is 2.51 bits per heavy atom. The van der Waals surface area contributed by atoms with Crippen molar-refractivity contribution < 1.29 is 22.4 Å². The second-order valence-electron chi connectivity index (χ2n) is 8.26. The average Bonchev–Trinajstić information content (AvgIpc) is 3.19. The Morgan fingerprint density at radius 2 is 1.83 bits per heavy atom. The lowest BCUT2D eigenvalue weighted by Crippen LogP contribution is -2.30. The largest absolute Gasteiger partial charge is 0.342 e. The van der Waals surface area contributed by atoms with Crippen molar-refractivity contribution in [1.29, 1.82) is 0 Å². The number of hydrogen-bond acceptors (Lipinski definition) is 6. The number of halogens is 1. The average molecular weight is 498 g/mol. The van der Waals surface area contributed by atoms with Crippen LogP contribution in [0.15, 0.2) is 65.7 Å². The molecular weight excluding hydrogens is 473 g/mol. The van der Waals surface area contributed by atoms with Gasteiger partial charge in [-0.25, -0.2) is 27.5 Å². The summed E-state index contributed by atoms with van der Waals surface area (Å²) in [6.07, 6.45) is 2.12. The summed E-state index contributed by atoms with van der Waals surface area (Å²) < 4.78 is 40.5. The Labute approximate surface area is 202 Å². The van der Waals surface area contributed by atoms with E-state index in [4.69, 9.17) is 0 Å². The molecule has 182 valence electrons. The van der Waals surface area contributed by atoms with Crippen molar-refractivity contribution in [2.24, 2.45) is 5.92 Å². The van der Waals surface area contributed by atoms with Gasteiger partial charge in [-0.05, 0) is 61.4 Å². The number of anilines is 2. The van der Waals surface area contributed by atoms with Gasteiger partial charge in [-0.1, -0.05) is 12.1 Å². The fourth-order valence-electron chi connectivity index (χ4n) is 3.72. The maximum atomic E-state index is 13.0. The van der Waals surface area contributed by atoms with Gasteiger partial charge in [0.25, 0.3) is 10.0 Å². The van der Waals surface area contributed by atoms with Crippen molar-refractivity contribution in [2.75, 3.05) is 23.1 Å². The van der Waals surface area contributed by atoms with Gasteiger partial charge in [0.05, 0.1) is 10.8 Å². The number of benzene rings is 2. The van der Waals surface area contributed by atoms with E-state index in [-0.39, 0.29) is 34.9 Å². The molecule has 9 nitrogen and oxygen atoms in total. The van der Waals surface area contributed by atoms with Crippen molar-refractivity contribution in [2.45, 2.75) is 24.7 Å². The molecule has 1 aliphatic heterocycles. The van der Waals surface area contributed by atoms with Gasteiger partial charge in [0.2, 0.25) is 17.8 Å². The zero-order valence-electron chi connectivity index (χ0n) is 18.9. The van der Waals surface area contributed by atoms with Crippen molar-refractivity contribution in [3.05, 3.63) is 77.9 Å². The van der Waals surface area contributed by atoms with Crippen LogP contribution in [0.25, 0.3) is 0 Å². The summed E-state index contributed by atoms with van der Waals surface area (Å²) in [5.41, 5.74) is 1.94. The summed E-state index contributed by atoms with van der Waals surface area (Å²) in [5, 5.41) is 2.74. The topological polar surface area (TPSA) is 121 Å². The van der Waals surface area contributed by atoms with E-state index in [1.807, 2.05) is 0 Å². The van der Waals surface area contributed by atoms with E-state index in [1.54, 1.807) is 30.0 Å². The molecule has 0 saturated carbocycles. The van der Waals surface area contributed by atoms with E-state index in [0.717, 1.165) is 5.56 Å². The maximum absolute atomic E-state index is 13.0. The first-order valence-corrected chi connectivity index (χ1v) is 12.4. The first kappa shape index (κ1) is 24.3. The van der Waals surface area contributed by atoms with Crippen LogP contribution in [0.5, 0.6) is 0 Å². The van der Waals surface area contributed by atoms with Gasteiger partial charge in [-0.3, -0.25) is 9.59 Å². The standard InChI is InChI=1S/C24H24FN5O4S/c1-16-10-12-26-24(27-16)29-35(33,34)21-8-6-20(7-9-21)28-23(32)18-14-22(31)30(15-18)13-11-17-2-4-19(25)5-3-17/h2-10,12,18H,11,13-15H2,1H3,(H,28,32)(H,26,27,29). The second-order valence-corrected chi connectivity index (χ2v) is 9.94. The van der Waals surface area contributed by atoms with E-state index in [0.29, 0.717) is 30.9 Å². The van der Waals surface area contributed by atoms with Gasteiger partial charge in [0.15, 0.2) is 0 Å². The van der Waals surface area contributed by atoms with Crippen LogP contribution in [-0.2, 0) is 26.0 Å². The van der Waals surface area contributed by atoms with Crippen LogP contribution in [0.3, 0.4) is 0 Å². The fraction of sp³-hybridized carbons (Fsp3) is 0.250. The first-order chi connectivity index (χ1) is 16.7. The summed E-state index contributed by atoms with van der Waals surface area (Å²) in [4.78, 5) is 34.6. The lowest BCUT2D eigenvalue weighted by atomic mass is 10.1. The lowest BCUT2D eigenvalue weighted by Gasteiger charge is -2.16. The van der Waals surface area contributed by atoms with Crippen molar-refractivity contribution >= 4 is 33.5 Å². The molecule has 1 aromatic heterocycles. The molecule has 2 N–H and O–H groups in total. The molecule has 4 rings (SSSR count). The smallest absolute Gasteiger partial charge is 0.264 e. The number of rotatable bonds is 8. The van der Waals surface area contributed by atoms with E-state index >= 15 is 0 Å². The lowest BCUT2D eigenvalue weighted by molar-refractivity contribution is -0.128. The summed E-state index contributed by atoms with van der Waals surface area (Å²) in [5.74, 6) is -1.29. The molecule has 1 saturated heterocycles. The van der Waals surface area contributed by atoms with Gasteiger partial charge >= 0.3 is 0 Å². The first-order valence-electron chi connectivity index (χ1n) is 11.0. The minimum Gasteiger partial charge on any atom is -0.342 e. The van der Waals surface area contributed by atoms with Crippen LogP contribution in [0.4, 0.5) is 16.0 Å². The van der Waals surface area contributed by atoms with Crippen LogP contribution >= 0.6 is 0 Å². The molecular formula is C24H24FN5O4S. The molecule has 3 aromatic rings. The van der Waals surface area contributed by atoms with Crippen molar-refractivity contribution in [1.82, 2.24) is 14.9 Å². The van der Waals surface area contributed by atoms with E-state index < -0.39 is 15.9 Å². The number of sulfonamides is 1. The molecule has 1 unspecified atom stereocenters. The number of nitrogens with zero attached hydrogens (tertiary/aromatic N) is 3. The summed E-state index contributed by atoms with van der Waals surface area (Å²) in [6.45, 7) is 2.46. The quantitative estimate of drug-likeness (QED) is 0.494. The van der Waals surface area contributed by atoms with E-state index in [1.165, 1.54) is 42.6 Å². The highest BCUT2D eigenvalue weighted by atomic mass is 32.2. The molecule has 0 radical (unpaired) electrons. The molecule has 0 aliphatic carbocycles. The van der Waals surface area contributed by atoms with Crippen LogP contribution in [-0.4, -0.2) is 48.2 Å². The third-order valence-electron chi connectivity index (χ3n) is 5.62. The molecule has 2 heterocycles. The Hall–Kier alpha value is -3.86. The third-order valence-corrected chi connectivity index (χ3v) is 6.97. The SMILES string of the molecule is Cc1ccnc(NS(=O)(=O)c2ccc(NC(=O)C3CC(=O)N(CCc4ccc(F)cc4)C3)cc2)n1. The van der Waals surface area contributed by atoms with Gasteiger partial charge < -0.3 is 10.2 Å². The van der Waals surface area contributed by atoms with E-state index in [9.17, 15) is 22.4 Å². The summed E-state index contributed by atoms with van der Waals surface area (Å²) in [6, 6.07) is 13.4. The molecule has 11 heteroatoms. The highest BCUT2D eigenvalue weighted by Gasteiger charge is 2.34.